The SMILES string of the molecule is CC(Sc1nnc(-c2ccccc2Cl)n1C)C(=O)NC12CC3CC(CC(C3)C1)C2. The van der Waals surface area contributed by atoms with E-state index < -0.39 is 0 Å². The van der Waals surface area contributed by atoms with Crippen LogP contribution in [0.3, 0.4) is 0 Å². The first-order valence-corrected chi connectivity index (χ1v) is 11.8. The standard InChI is InChI=1S/C22H27ClN4OS/c1-13(20(28)24-22-10-14-7-15(11-22)9-16(8-14)12-22)29-21-26-25-19(27(21)2)17-5-3-4-6-18(17)23/h3-6,13-16H,7-12H2,1-2H3,(H,24,28). The summed E-state index contributed by atoms with van der Waals surface area (Å²) in [5.41, 5.74) is 0.894. The van der Waals surface area contributed by atoms with Crippen LogP contribution in [0.1, 0.15) is 45.4 Å². The van der Waals surface area contributed by atoms with Crippen molar-refractivity contribution in [3.05, 3.63) is 29.3 Å². The molecule has 0 spiro atoms. The van der Waals surface area contributed by atoms with E-state index in [0.29, 0.717) is 10.8 Å². The van der Waals surface area contributed by atoms with Crippen LogP contribution in [-0.2, 0) is 11.8 Å². The number of hydrogen-bond donors (Lipinski definition) is 1. The minimum Gasteiger partial charge on any atom is -0.350 e. The van der Waals surface area contributed by atoms with Gasteiger partial charge in [-0.05, 0) is 75.3 Å². The van der Waals surface area contributed by atoms with E-state index >= 15 is 0 Å². The number of benzene rings is 1. The van der Waals surface area contributed by atoms with Gasteiger partial charge in [0.25, 0.3) is 0 Å². The predicted molar refractivity (Wildman–Crippen MR) is 116 cm³/mol. The minimum absolute atomic E-state index is 0.0449. The van der Waals surface area contributed by atoms with Crippen LogP contribution in [0.25, 0.3) is 11.4 Å². The summed E-state index contributed by atoms with van der Waals surface area (Å²) in [6.45, 7) is 1.96. The van der Waals surface area contributed by atoms with Crippen molar-refractivity contribution >= 4 is 29.3 Å². The number of nitrogens with zero attached hydrogens (tertiary/aromatic N) is 3. The summed E-state index contributed by atoms with van der Waals surface area (Å²) in [6.07, 6.45) is 7.64. The van der Waals surface area contributed by atoms with Crippen molar-refractivity contribution in [3.63, 3.8) is 0 Å². The Kier molecular flexibility index (Phi) is 4.90. The first kappa shape index (κ1) is 19.4. The molecule has 4 aliphatic rings. The number of aromatic nitrogens is 3. The van der Waals surface area contributed by atoms with Crippen LogP contribution < -0.4 is 5.32 Å². The lowest BCUT2D eigenvalue weighted by Gasteiger charge is -2.57. The molecule has 6 rings (SSSR count). The van der Waals surface area contributed by atoms with E-state index in [1.807, 2.05) is 42.8 Å². The molecular weight excluding hydrogens is 404 g/mol. The lowest BCUT2D eigenvalue weighted by Crippen LogP contribution is -2.60. The molecule has 0 radical (unpaired) electrons. The highest BCUT2D eigenvalue weighted by Gasteiger charge is 2.51. The van der Waals surface area contributed by atoms with Gasteiger partial charge < -0.3 is 9.88 Å². The van der Waals surface area contributed by atoms with Gasteiger partial charge in [0.2, 0.25) is 5.91 Å². The van der Waals surface area contributed by atoms with Gasteiger partial charge in [-0.3, -0.25) is 4.79 Å². The number of carbonyl (C=O) groups excluding carboxylic acids is 1. The second-order valence-electron chi connectivity index (χ2n) is 9.29. The fourth-order valence-corrected chi connectivity index (χ4v) is 7.17. The summed E-state index contributed by atoms with van der Waals surface area (Å²) in [7, 11) is 1.92. The number of thioether (sulfide) groups is 1. The highest BCUT2D eigenvalue weighted by atomic mass is 35.5. The van der Waals surface area contributed by atoms with Gasteiger partial charge >= 0.3 is 0 Å². The molecule has 4 aliphatic carbocycles. The number of nitrogens with one attached hydrogen (secondary N) is 1. The molecule has 1 atom stereocenters. The average Bonchev–Trinajstić information content (AvgIpc) is 3.01. The minimum atomic E-state index is -0.218. The van der Waals surface area contributed by atoms with Crippen LogP contribution >= 0.6 is 23.4 Å². The van der Waals surface area contributed by atoms with E-state index in [9.17, 15) is 4.79 Å². The second-order valence-corrected chi connectivity index (χ2v) is 11.0. The van der Waals surface area contributed by atoms with Crippen LogP contribution in [0.4, 0.5) is 0 Å². The molecular formula is C22H27ClN4OS. The Morgan fingerprint density at radius 2 is 1.79 bits per heavy atom. The molecule has 29 heavy (non-hydrogen) atoms. The van der Waals surface area contributed by atoms with Crippen molar-refractivity contribution in [1.82, 2.24) is 20.1 Å². The molecule has 4 bridgehead atoms. The van der Waals surface area contributed by atoms with Crippen molar-refractivity contribution in [2.45, 2.75) is 61.4 Å². The Morgan fingerprint density at radius 3 is 2.41 bits per heavy atom. The average molecular weight is 431 g/mol. The van der Waals surface area contributed by atoms with Crippen LogP contribution in [0.2, 0.25) is 5.02 Å². The van der Waals surface area contributed by atoms with Gasteiger partial charge in [0.05, 0.1) is 10.3 Å². The molecule has 2 aromatic rings. The van der Waals surface area contributed by atoms with Crippen LogP contribution in [0.5, 0.6) is 0 Å². The molecule has 1 heterocycles. The molecule has 1 N–H and O–H groups in total. The molecule has 5 nitrogen and oxygen atoms in total. The van der Waals surface area contributed by atoms with Crippen molar-refractivity contribution in [1.29, 1.82) is 0 Å². The number of carbonyl (C=O) groups is 1. The second kappa shape index (κ2) is 7.31. The lowest BCUT2D eigenvalue weighted by molar-refractivity contribution is -0.126. The largest absolute Gasteiger partial charge is 0.350 e. The van der Waals surface area contributed by atoms with Crippen molar-refractivity contribution in [2.75, 3.05) is 0 Å². The number of rotatable bonds is 5. The summed E-state index contributed by atoms with van der Waals surface area (Å²) >= 11 is 7.78. The zero-order valence-corrected chi connectivity index (χ0v) is 18.5. The van der Waals surface area contributed by atoms with Gasteiger partial charge in [0.1, 0.15) is 0 Å². The van der Waals surface area contributed by atoms with Gasteiger partial charge in [-0.15, -0.1) is 10.2 Å². The zero-order chi connectivity index (χ0) is 20.2. The molecule has 4 fully saturated rings. The highest BCUT2D eigenvalue weighted by Crippen LogP contribution is 2.55. The molecule has 1 unspecified atom stereocenters. The van der Waals surface area contributed by atoms with Gasteiger partial charge in [0.15, 0.2) is 11.0 Å². The Labute approximate surface area is 181 Å². The Morgan fingerprint density at radius 1 is 1.17 bits per heavy atom. The van der Waals surface area contributed by atoms with E-state index in [1.165, 1.54) is 50.3 Å². The van der Waals surface area contributed by atoms with Crippen LogP contribution in [0, 0.1) is 17.8 Å². The maximum Gasteiger partial charge on any atom is 0.233 e. The number of hydrogen-bond acceptors (Lipinski definition) is 4. The maximum atomic E-state index is 13.1. The lowest BCUT2D eigenvalue weighted by atomic mass is 9.53. The summed E-state index contributed by atoms with van der Waals surface area (Å²) < 4.78 is 1.92. The third-order valence-corrected chi connectivity index (χ3v) is 8.49. The molecule has 0 saturated heterocycles. The molecule has 1 aromatic heterocycles. The fraction of sp³-hybridized carbons (Fsp3) is 0.591. The van der Waals surface area contributed by atoms with Gasteiger partial charge in [-0.2, -0.15) is 0 Å². The smallest absolute Gasteiger partial charge is 0.233 e. The van der Waals surface area contributed by atoms with Gasteiger partial charge in [-0.1, -0.05) is 35.5 Å². The molecule has 154 valence electrons. The monoisotopic (exact) mass is 430 g/mol. The van der Waals surface area contributed by atoms with Crippen molar-refractivity contribution in [3.8, 4) is 11.4 Å². The van der Waals surface area contributed by atoms with E-state index in [2.05, 4.69) is 15.5 Å². The van der Waals surface area contributed by atoms with E-state index in [1.54, 1.807) is 0 Å². The van der Waals surface area contributed by atoms with E-state index in [0.717, 1.165) is 28.5 Å². The molecule has 4 saturated carbocycles. The topological polar surface area (TPSA) is 59.8 Å². The first-order valence-electron chi connectivity index (χ1n) is 10.6. The summed E-state index contributed by atoms with van der Waals surface area (Å²) in [6, 6.07) is 7.61. The third kappa shape index (κ3) is 3.59. The first-order chi connectivity index (χ1) is 13.9. The quantitative estimate of drug-likeness (QED) is 0.698. The number of halogens is 1. The Hall–Kier alpha value is -1.53. The van der Waals surface area contributed by atoms with Crippen molar-refractivity contribution < 1.29 is 4.79 Å². The van der Waals surface area contributed by atoms with Crippen LogP contribution in [0.15, 0.2) is 29.4 Å². The summed E-state index contributed by atoms with van der Waals surface area (Å²) in [4.78, 5) is 13.1. The normalized spacial score (nSPS) is 31.1. The van der Waals surface area contributed by atoms with Gasteiger partial charge in [-0.25, -0.2) is 0 Å². The molecule has 0 aliphatic heterocycles. The Bertz CT molecular complexity index is 907. The maximum absolute atomic E-state index is 13.1. The highest BCUT2D eigenvalue weighted by molar-refractivity contribution is 8.00. The summed E-state index contributed by atoms with van der Waals surface area (Å²) in [5.74, 6) is 3.30. The van der Waals surface area contributed by atoms with Crippen molar-refractivity contribution in [2.24, 2.45) is 24.8 Å². The van der Waals surface area contributed by atoms with E-state index in [4.69, 9.17) is 11.6 Å². The van der Waals surface area contributed by atoms with Crippen LogP contribution in [-0.4, -0.2) is 31.5 Å². The predicted octanol–water partition coefficient (Wildman–Crippen LogP) is 4.70. The zero-order valence-electron chi connectivity index (χ0n) is 16.9. The van der Waals surface area contributed by atoms with Gasteiger partial charge in [0, 0.05) is 18.2 Å². The number of amides is 1. The fourth-order valence-electron chi connectivity index (χ4n) is 6.13. The molecule has 1 aromatic carbocycles. The third-order valence-electron chi connectivity index (χ3n) is 7.03. The summed E-state index contributed by atoms with van der Waals surface area (Å²) in [5, 5.41) is 13.3. The van der Waals surface area contributed by atoms with E-state index in [-0.39, 0.29) is 16.7 Å². The molecule has 7 heteroatoms. The molecule has 1 amide bonds. The Balaban J connectivity index is 1.28.